The number of nitrogens with zero attached hydrogens (tertiary/aromatic N) is 2. The fraction of sp³-hybridized carbons (Fsp3) is 0.400. The van der Waals surface area contributed by atoms with Gasteiger partial charge in [-0.05, 0) is 45.7 Å². The van der Waals surface area contributed by atoms with Gasteiger partial charge in [0.05, 0.1) is 16.3 Å². The maximum atomic E-state index is 12.7. The Bertz CT molecular complexity index is 1160. The summed E-state index contributed by atoms with van der Waals surface area (Å²) >= 11 is 12.5. The lowest BCUT2D eigenvalue weighted by Gasteiger charge is -2.26. The van der Waals surface area contributed by atoms with Gasteiger partial charge in [0.25, 0.3) is 15.9 Å². The number of anilines is 1. The van der Waals surface area contributed by atoms with Gasteiger partial charge in [-0.1, -0.05) is 29.6 Å². The molecule has 0 unspecified atom stereocenters. The highest BCUT2D eigenvalue weighted by Crippen LogP contribution is 2.39. The molecule has 0 radical (unpaired) electrons. The minimum Gasteiger partial charge on any atom is -0.443 e. The second-order valence-electron chi connectivity index (χ2n) is 8.27. The summed E-state index contributed by atoms with van der Waals surface area (Å²) in [6.07, 6.45) is 3.07. The van der Waals surface area contributed by atoms with E-state index in [0.717, 1.165) is 25.3 Å². The number of amides is 2. The van der Waals surface area contributed by atoms with Crippen LogP contribution < -0.4 is 10.0 Å². The average Bonchev–Trinajstić information content (AvgIpc) is 2.61. The van der Waals surface area contributed by atoms with Gasteiger partial charge in [-0.3, -0.25) is 4.79 Å². The molecule has 2 aromatic heterocycles. The molecule has 0 saturated heterocycles. The van der Waals surface area contributed by atoms with Crippen LogP contribution in [0.3, 0.4) is 0 Å². The summed E-state index contributed by atoms with van der Waals surface area (Å²) in [5.41, 5.74) is -0.0475. The van der Waals surface area contributed by atoms with Crippen LogP contribution in [0, 0.1) is 0 Å². The Balaban J connectivity index is 1.76. The second kappa shape index (κ2) is 9.21. The minimum absolute atomic E-state index is 0.00212. The third-order valence-electron chi connectivity index (χ3n) is 4.58. The van der Waals surface area contributed by atoms with Crippen molar-refractivity contribution < 1.29 is 22.7 Å². The number of pyridine rings is 2. The van der Waals surface area contributed by atoms with Crippen LogP contribution >= 0.6 is 23.2 Å². The molecule has 2 N–H and O–H groups in total. The van der Waals surface area contributed by atoms with Crippen molar-refractivity contribution in [3.63, 3.8) is 0 Å². The second-order valence-corrected chi connectivity index (χ2v) is 10.7. The van der Waals surface area contributed by atoms with E-state index in [1.807, 2.05) is 0 Å². The van der Waals surface area contributed by atoms with Crippen molar-refractivity contribution in [1.29, 1.82) is 0 Å². The van der Waals surface area contributed by atoms with Crippen LogP contribution in [0.15, 0.2) is 29.4 Å². The van der Waals surface area contributed by atoms with Crippen LogP contribution in [0.2, 0.25) is 10.2 Å². The Hall–Kier alpha value is -2.43. The van der Waals surface area contributed by atoms with E-state index in [1.54, 1.807) is 25.5 Å². The minimum atomic E-state index is -4.33. The predicted octanol–water partition coefficient (Wildman–Crippen LogP) is 4.52. The number of aromatic nitrogens is 2. The molecular formula is C20H22Cl2N4O5S. The van der Waals surface area contributed by atoms with Crippen molar-refractivity contribution in [2.24, 2.45) is 0 Å². The van der Waals surface area contributed by atoms with Crippen molar-refractivity contribution >= 4 is 50.9 Å². The molecule has 0 aliphatic heterocycles. The zero-order valence-electron chi connectivity index (χ0n) is 17.6. The van der Waals surface area contributed by atoms with Gasteiger partial charge < -0.3 is 10.1 Å². The van der Waals surface area contributed by atoms with Crippen LogP contribution in [-0.4, -0.2) is 36.0 Å². The van der Waals surface area contributed by atoms with E-state index in [9.17, 15) is 18.0 Å². The Labute approximate surface area is 195 Å². The summed E-state index contributed by atoms with van der Waals surface area (Å²) in [6, 6.07) is 3.93. The molecule has 2 aromatic rings. The highest BCUT2D eigenvalue weighted by atomic mass is 35.5. The maximum Gasteiger partial charge on any atom is 0.421 e. The molecule has 1 fully saturated rings. The van der Waals surface area contributed by atoms with Gasteiger partial charge in [-0.15, -0.1) is 0 Å². The van der Waals surface area contributed by atoms with Gasteiger partial charge >= 0.3 is 6.09 Å². The Morgan fingerprint density at radius 1 is 1.19 bits per heavy atom. The molecule has 12 heteroatoms. The van der Waals surface area contributed by atoms with Crippen molar-refractivity contribution in [2.75, 3.05) is 5.32 Å². The summed E-state index contributed by atoms with van der Waals surface area (Å²) in [4.78, 5) is 32.5. The predicted molar refractivity (Wildman–Crippen MR) is 120 cm³/mol. The molecule has 2 heterocycles. The van der Waals surface area contributed by atoms with Crippen LogP contribution in [0.5, 0.6) is 0 Å². The molecule has 1 aliphatic carbocycles. The lowest BCUT2D eigenvalue weighted by Crippen LogP contribution is -2.36. The lowest BCUT2D eigenvalue weighted by molar-refractivity contribution is 0.0570. The molecular weight excluding hydrogens is 479 g/mol. The first kappa shape index (κ1) is 24.2. The van der Waals surface area contributed by atoms with Crippen LogP contribution in [0.25, 0.3) is 0 Å². The molecule has 0 spiro atoms. The average molecular weight is 501 g/mol. The number of halogens is 2. The number of sulfonamides is 1. The van der Waals surface area contributed by atoms with E-state index in [0.29, 0.717) is 10.7 Å². The number of ether oxygens (including phenoxy) is 1. The monoisotopic (exact) mass is 500 g/mol. The highest BCUT2D eigenvalue weighted by molar-refractivity contribution is 7.90. The fourth-order valence-electron chi connectivity index (χ4n) is 2.90. The van der Waals surface area contributed by atoms with E-state index < -0.39 is 32.7 Å². The quantitative estimate of drug-likeness (QED) is 0.577. The number of nitrogens with one attached hydrogen (secondary N) is 2. The first-order chi connectivity index (χ1) is 14.9. The molecule has 2 amide bonds. The molecule has 1 saturated carbocycles. The molecule has 3 rings (SSSR count). The number of carbonyl (C=O) groups is 2. The van der Waals surface area contributed by atoms with Gasteiger partial charge in [-0.25, -0.2) is 19.5 Å². The Morgan fingerprint density at radius 3 is 2.47 bits per heavy atom. The van der Waals surface area contributed by atoms with Gasteiger partial charge in [0, 0.05) is 23.9 Å². The van der Waals surface area contributed by atoms with Crippen molar-refractivity contribution in [1.82, 2.24) is 14.7 Å². The smallest absolute Gasteiger partial charge is 0.421 e. The van der Waals surface area contributed by atoms with Gasteiger partial charge in [0.1, 0.15) is 10.8 Å². The molecule has 0 atom stereocenters. The van der Waals surface area contributed by atoms with Gasteiger partial charge in [-0.2, -0.15) is 8.42 Å². The highest BCUT2D eigenvalue weighted by Gasteiger charge is 2.27. The number of carbonyl (C=O) groups excluding carboxylic acids is 2. The van der Waals surface area contributed by atoms with Crippen LogP contribution in [0.4, 0.5) is 10.5 Å². The molecule has 1 aliphatic rings. The van der Waals surface area contributed by atoms with Crippen LogP contribution in [-0.2, 0) is 14.8 Å². The molecule has 0 bridgehead atoms. The summed E-state index contributed by atoms with van der Waals surface area (Å²) in [5, 5.41) is 2.41. The van der Waals surface area contributed by atoms with E-state index >= 15 is 0 Å². The Morgan fingerprint density at radius 2 is 1.88 bits per heavy atom. The van der Waals surface area contributed by atoms with Gasteiger partial charge in [0.2, 0.25) is 0 Å². The molecule has 172 valence electrons. The van der Waals surface area contributed by atoms with Crippen LogP contribution in [0.1, 0.15) is 62.0 Å². The number of hydrogen-bond acceptors (Lipinski definition) is 7. The largest absolute Gasteiger partial charge is 0.443 e. The van der Waals surface area contributed by atoms with Gasteiger partial charge in [0.15, 0.2) is 5.03 Å². The fourth-order valence-corrected chi connectivity index (χ4v) is 4.28. The summed E-state index contributed by atoms with van der Waals surface area (Å²) < 4.78 is 31.6. The first-order valence-electron chi connectivity index (χ1n) is 9.75. The topological polar surface area (TPSA) is 127 Å². The van der Waals surface area contributed by atoms with Crippen molar-refractivity contribution in [2.45, 2.75) is 56.6 Å². The lowest BCUT2D eigenvalue weighted by atomic mass is 9.82. The third-order valence-corrected chi connectivity index (χ3v) is 6.38. The zero-order chi connectivity index (χ0) is 23.7. The summed E-state index contributed by atoms with van der Waals surface area (Å²) in [6.45, 7) is 4.79. The SMILES string of the molecule is CC(C)(C)OC(=O)NS(=O)(=O)c1cc(NC(=O)c2cc(Cl)c(C3CCC3)nc2Cl)ccn1. The number of rotatable bonds is 5. The third kappa shape index (κ3) is 5.87. The zero-order valence-corrected chi connectivity index (χ0v) is 19.9. The molecule has 9 nitrogen and oxygen atoms in total. The molecule has 32 heavy (non-hydrogen) atoms. The normalized spacial score (nSPS) is 14.4. The molecule has 0 aromatic carbocycles. The van der Waals surface area contributed by atoms with E-state index in [4.69, 9.17) is 27.9 Å². The van der Waals surface area contributed by atoms with E-state index in [2.05, 4.69) is 15.3 Å². The van der Waals surface area contributed by atoms with Crippen molar-refractivity contribution in [3.05, 3.63) is 45.8 Å². The summed E-state index contributed by atoms with van der Waals surface area (Å²) in [5.74, 6) is -0.387. The van der Waals surface area contributed by atoms with E-state index in [1.165, 1.54) is 18.3 Å². The summed E-state index contributed by atoms with van der Waals surface area (Å²) in [7, 11) is -4.33. The van der Waals surface area contributed by atoms with E-state index in [-0.39, 0.29) is 22.3 Å². The first-order valence-corrected chi connectivity index (χ1v) is 12.0. The maximum absolute atomic E-state index is 12.7. The number of hydrogen-bond donors (Lipinski definition) is 2. The Kier molecular flexibility index (Phi) is 6.97. The standard InChI is InChI=1S/C20H22Cl2N4O5S/c1-20(2,3)31-19(28)26-32(29,30)15-9-12(7-8-23-15)24-18(27)13-10-14(21)16(25-17(13)22)11-5-4-6-11/h7-11H,4-6H2,1-3H3,(H,26,28)(H,23,24,27). The van der Waals surface area contributed by atoms with Crippen molar-refractivity contribution in [3.8, 4) is 0 Å².